The van der Waals surface area contributed by atoms with Crippen LogP contribution in [0.5, 0.6) is 0 Å². The molecule has 0 unspecified atom stereocenters. The number of nitrogens with one attached hydrogen (secondary N) is 1. The van der Waals surface area contributed by atoms with Gasteiger partial charge in [0, 0.05) is 19.7 Å². The summed E-state index contributed by atoms with van der Waals surface area (Å²) in [6.45, 7) is 2.68. The largest absolute Gasteiger partial charge is 0.416 e. The van der Waals surface area contributed by atoms with Crippen molar-refractivity contribution < 1.29 is 18.3 Å². The highest BCUT2D eigenvalue weighted by Crippen LogP contribution is 2.32. The molecule has 19 heavy (non-hydrogen) atoms. The van der Waals surface area contributed by atoms with E-state index in [0.29, 0.717) is 19.5 Å². The number of hydrogen-bond acceptors (Lipinski definition) is 5. The van der Waals surface area contributed by atoms with Crippen LogP contribution >= 0.6 is 0 Å². The predicted octanol–water partition coefficient (Wildman–Crippen LogP) is 1.59. The van der Waals surface area contributed by atoms with Gasteiger partial charge >= 0.3 is 6.18 Å². The molecule has 108 valence electrons. The van der Waals surface area contributed by atoms with E-state index in [1.807, 2.05) is 0 Å². The lowest BCUT2D eigenvalue weighted by atomic mass is 10.2. The first kappa shape index (κ1) is 15.5. The second-order valence-electron chi connectivity index (χ2n) is 3.90. The number of nitrogens with zero attached hydrogens (tertiary/aromatic N) is 2. The smallest absolute Gasteiger partial charge is 0.396 e. The maximum Gasteiger partial charge on any atom is 0.416 e. The lowest BCUT2D eigenvalue weighted by molar-refractivity contribution is -0.137. The van der Waals surface area contributed by atoms with Crippen molar-refractivity contribution >= 4 is 11.6 Å². The number of halogens is 3. The molecule has 0 aliphatic rings. The summed E-state index contributed by atoms with van der Waals surface area (Å²) in [5, 5.41) is 8.78. The third kappa shape index (κ3) is 4.25. The molecule has 1 aromatic rings. The predicted molar refractivity (Wildman–Crippen MR) is 66.6 cm³/mol. The number of hydrazine groups is 1. The van der Waals surface area contributed by atoms with Gasteiger partial charge in [-0.2, -0.15) is 13.2 Å². The number of hydrogen-bond donors (Lipinski definition) is 3. The highest BCUT2D eigenvalue weighted by molar-refractivity contribution is 5.50. The summed E-state index contributed by atoms with van der Waals surface area (Å²) in [7, 11) is 0. The van der Waals surface area contributed by atoms with Crippen LogP contribution in [0.3, 0.4) is 0 Å². The molecule has 0 spiro atoms. The summed E-state index contributed by atoms with van der Waals surface area (Å²) >= 11 is 0. The third-order valence-electron chi connectivity index (χ3n) is 2.58. The van der Waals surface area contributed by atoms with Crippen LogP contribution in [-0.4, -0.2) is 29.8 Å². The van der Waals surface area contributed by atoms with Crippen LogP contribution in [0.4, 0.5) is 24.8 Å². The maximum atomic E-state index is 12.7. The SMILES string of the molecule is CCN(CCCO)c1cc(C(F)(F)F)cc(NN)n1. The molecule has 4 N–H and O–H groups in total. The van der Waals surface area contributed by atoms with E-state index in [1.165, 1.54) is 0 Å². The van der Waals surface area contributed by atoms with Gasteiger partial charge in [0.05, 0.1) is 5.56 Å². The summed E-state index contributed by atoms with van der Waals surface area (Å²) < 4.78 is 38.2. The van der Waals surface area contributed by atoms with Gasteiger partial charge in [0.15, 0.2) is 0 Å². The molecule has 1 heterocycles. The van der Waals surface area contributed by atoms with Crippen molar-refractivity contribution in [1.29, 1.82) is 0 Å². The number of aliphatic hydroxyl groups is 1. The van der Waals surface area contributed by atoms with Crippen LogP contribution < -0.4 is 16.2 Å². The summed E-state index contributed by atoms with van der Waals surface area (Å²) in [6, 6.07) is 1.82. The van der Waals surface area contributed by atoms with Crippen LogP contribution in [0.15, 0.2) is 12.1 Å². The van der Waals surface area contributed by atoms with Gasteiger partial charge in [-0.05, 0) is 25.5 Å². The zero-order valence-electron chi connectivity index (χ0n) is 10.5. The Bertz CT molecular complexity index is 411. The number of nitrogens with two attached hydrogens (primary N) is 1. The average Bonchev–Trinajstić information content (AvgIpc) is 2.38. The van der Waals surface area contributed by atoms with E-state index in [-0.39, 0.29) is 18.2 Å². The van der Waals surface area contributed by atoms with Gasteiger partial charge in [0.2, 0.25) is 0 Å². The molecular formula is C11H17F3N4O. The number of aromatic nitrogens is 1. The topological polar surface area (TPSA) is 74.4 Å². The van der Waals surface area contributed by atoms with E-state index in [0.717, 1.165) is 12.1 Å². The molecule has 1 aromatic heterocycles. The van der Waals surface area contributed by atoms with E-state index < -0.39 is 11.7 Å². The molecule has 0 bridgehead atoms. The molecule has 0 aliphatic heterocycles. The number of nitrogen functional groups attached to an aromatic ring is 1. The van der Waals surface area contributed by atoms with Crippen LogP contribution in [-0.2, 0) is 6.18 Å². The van der Waals surface area contributed by atoms with Gasteiger partial charge < -0.3 is 15.4 Å². The Morgan fingerprint density at radius 2 is 2.11 bits per heavy atom. The summed E-state index contributed by atoms with van der Waals surface area (Å²) in [5.74, 6) is 5.26. The van der Waals surface area contributed by atoms with Crippen molar-refractivity contribution in [2.45, 2.75) is 19.5 Å². The molecule has 0 aromatic carbocycles. The first-order valence-corrected chi connectivity index (χ1v) is 5.84. The molecule has 0 amide bonds. The Hall–Kier alpha value is -1.54. The molecule has 0 radical (unpaired) electrons. The highest BCUT2D eigenvalue weighted by atomic mass is 19.4. The standard InChI is InChI=1S/C11H17F3N4O/c1-2-18(4-3-5-19)10-7-8(11(12,13)14)6-9(16-10)17-15/h6-7,19H,2-5,15H2,1H3,(H,16,17). The van der Waals surface area contributed by atoms with Crippen molar-refractivity contribution in [3.05, 3.63) is 17.7 Å². The quantitative estimate of drug-likeness (QED) is 0.544. The minimum Gasteiger partial charge on any atom is -0.396 e. The Kier molecular flexibility index (Phi) is 5.37. The van der Waals surface area contributed by atoms with E-state index in [1.54, 1.807) is 11.8 Å². The number of aliphatic hydroxyl groups excluding tert-OH is 1. The minimum atomic E-state index is -4.46. The molecule has 0 atom stereocenters. The number of anilines is 2. The molecule has 8 heteroatoms. The van der Waals surface area contributed by atoms with Crippen molar-refractivity contribution in [2.24, 2.45) is 5.84 Å². The fourth-order valence-electron chi connectivity index (χ4n) is 1.61. The summed E-state index contributed by atoms with van der Waals surface area (Å²) in [6.07, 6.45) is -4.00. The van der Waals surface area contributed by atoms with E-state index in [2.05, 4.69) is 10.4 Å². The maximum absolute atomic E-state index is 12.7. The van der Waals surface area contributed by atoms with E-state index >= 15 is 0 Å². The van der Waals surface area contributed by atoms with Gasteiger partial charge in [0.25, 0.3) is 0 Å². The van der Waals surface area contributed by atoms with Gasteiger partial charge in [-0.15, -0.1) is 0 Å². The second kappa shape index (κ2) is 6.58. The molecule has 0 aliphatic carbocycles. The first-order chi connectivity index (χ1) is 8.92. The third-order valence-corrected chi connectivity index (χ3v) is 2.58. The van der Waals surface area contributed by atoms with Gasteiger partial charge in [-0.3, -0.25) is 0 Å². The second-order valence-corrected chi connectivity index (χ2v) is 3.90. The monoisotopic (exact) mass is 278 g/mol. The van der Waals surface area contributed by atoms with Gasteiger partial charge in [-0.1, -0.05) is 0 Å². The number of rotatable bonds is 6. The van der Waals surface area contributed by atoms with Crippen molar-refractivity contribution in [3.8, 4) is 0 Å². The lowest BCUT2D eigenvalue weighted by Crippen LogP contribution is -2.26. The molecule has 0 fully saturated rings. The molecule has 1 rings (SSSR count). The Morgan fingerprint density at radius 3 is 2.58 bits per heavy atom. The summed E-state index contributed by atoms with van der Waals surface area (Å²) in [5.41, 5.74) is 1.32. The first-order valence-electron chi connectivity index (χ1n) is 5.84. The number of pyridine rings is 1. The molecular weight excluding hydrogens is 261 g/mol. The lowest BCUT2D eigenvalue weighted by Gasteiger charge is -2.23. The van der Waals surface area contributed by atoms with Crippen LogP contribution in [0.1, 0.15) is 18.9 Å². The zero-order valence-corrected chi connectivity index (χ0v) is 10.5. The molecule has 0 saturated carbocycles. The minimum absolute atomic E-state index is 0.0303. The Morgan fingerprint density at radius 1 is 1.42 bits per heavy atom. The average molecular weight is 278 g/mol. The summed E-state index contributed by atoms with van der Waals surface area (Å²) in [4.78, 5) is 5.64. The van der Waals surface area contributed by atoms with Crippen molar-refractivity contribution in [1.82, 2.24) is 4.98 Å². The van der Waals surface area contributed by atoms with Crippen LogP contribution in [0, 0.1) is 0 Å². The van der Waals surface area contributed by atoms with E-state index in [9.17, 15) is 13.2 Å². The Balaban J connectivity index is 3.11. The van der Waals surface area contributed by atoms with Crippen molar-refractivity contribution in [2.75, 3.05) is 30.0 Å². The van der Waals surface area contributed by atoms with Crippen LogP contribution in [0.25, 0.3) is 0 Å². The van der Waals surface area contributed by atoms with Crippen molar-refractivity contribution in [3.63, 3.8) is 0 Å². The molecule has 5 nitrogen and oxygen atoms in total. The molecule has 0 saturated heterocycles. The Labute approximate surface area is 109 Å². The fourth-order valence-corrected chi connectivity index (χ4v) is 1.61. The number of alkyl halides is 3. The normalized spacial score (nSPS) is 11.5. The van der Waals surface area contributed by atoms with Gasteiger partial charge in [-0.25, -0.2) is 10.8 Å². The zero-order chi connectivity index (χ0) is 14.5. The highest BCUT2D eigenvalue weighted by Gasteiger charge is 2.32. The van der Waals surface area contributed by atoms with Gasteiger partial charge in [0.1, 0.15) is 11.6 Å². The van der Waals surface area contributed by atoms with E-state index in [4.69, 9.17) is 10.9 Å². The fraction of sp³-hybridized carbons (Fsp3) is 0.545. The van der Waals surface area contributed by atoms with Crippen LogP contribution in [0.2, 0.25) is 0 Å².